The van der Waals surface area contributed by atoms with E-state index in [9.17, 15) is 27.6 Å². The Hall–Kier alpha value is -3.03. The van der Waals surface area contributed by atoms with Crippen LogP contribution in [0.25, 0.3) is 0 Å². The van der Waals surface area contributed by atoms with Gasteiger partial charge in [-0.3, -0.25) is 9.59 Å². The third-order valence-corrected chi connectivity index (χ3v) is 11.6. The zero-order valence-corrected chi connectivity index (χ0v) is 28.9. The molecule has 0 spiro atoms. The maximum Gasteiger partial charge on any atom is 0.418 e. The Labute approximate surface area is 288 Å². The Morgan fingerprint density at radius 2 is 1.65 bits per heavy atom. The zero-order valence-electron chi connectivity index (χ0n) is 27.3. The van der Waals surface area contributed by atoms with Crippen LogP contribution < -0.4 is 10.6 Å². The van der Waals surface area contributed by atoms with Gasteiger partial charge in [-0.15, -0.1) is 11.3 Å². The van der Waals surface area contributed by atoms with Crippen molar-refractivity contribution in [1.82, 2.24) is 19.6 Å². The van der Waals surface area contributed by atoms with Crippen LogP contribution in [-0.4, -0.2) is 102 Å². The number of alkyl halides is 3. The number of benzene rings is 1. The van der Waals surface area contributed by atoms with Crippen LogP contribution in [0.5, 0.6) is 0 Å². The average molecular weight is 709 g/mol. The maximum atomic E-state index is 14.1. The molecule has 3 fully saturated rings. The number of hydrogen-bond donors (Lipinski definition) is 2. The SMILES string of the molecule is CNc1c(Cl)cc(C[C@@H](CC(=O)N2CCC(N3CCc4cscc4NC3=O)CC2)C(=O)N2CCC(N3CCCC3)CC2)cc1C(F)(F)F. The van der Waals surface area contributed by atoms with Gasteiger partial charge in [0.05, 0.1) is 27.9 Å². The van der Waals surface area contributed by atoms with Gasteiger partial charge in [0.1, 0.15) is 0 Å². The number of amides is 4. The highest BCUT2D eigenvalue weighted by Crippen LogP contribution is 2.40. The molecule has 9 nitrogen and oxygen atoms in total. The maximum absolute atomic E-state index is 14.1. The molecule has 0 saturated carbocycles. The quantitative estimate of drug-likeness (QED) is 0.342. The number of rotatable bonds is 8. The smallest absolute Gasteiger partial charge is 0.386 e. The number of fused-ring (bicyclic) bond motifs is 1. The first-order valence-electron chi connectivity index (χ1n) is 17.0. The highest BCUT2D eigenvalue weighted by Gasteiger charge is 2.38. The Balaban J connectivity index is 1.14. The number of halogens is 4. The van der Waals surface area contributed by atoms with Crippen molar-refractivity contribution < 1.29 is 27.6 Å². The molecule has 262 valence electrons. The average Bonchev–Trinajstić information content (AvgIpc) is 3.74. The predicted molar refractivity (Wildman–Crippen MR) is 182 cm³/mol. The highest BCUT2D eigenvalue weighted by molar-refractivity contribution is 7.08. The topological polar surface area (TPSA) is 88.2 Å². The van der Waals surface area contributed by atoms with Gasteiger partial charge in [-0.05, 0) is 93.1 Å². The van der Waals surface area contributed by atoms with Crippen molar-refractivity contribution in [3.8, 4) is 0 Å². The normalized spacial score (nSPS) is 20.8. The molecule has 3 saturated heterocycles. The van der Waals surface area contributed by atoms with Gasteiger partial charge in [-0.25, -0.2) is 4.79 Å². The minimum Gasteiger partial charge on any atom is -0.386 e. The number of nitrogens with one attached hydrogen (secondary N) is 2. The van der Waals surface area contributed by atoms with Gasteiger partial charge in [0.15, 0.2) is 0 Å². The van der Waals surface area contributed by atoms with Gasteiger partial charge in [0.2, 0.25) is 11.8 Å². The van der Waals surface area contributed by atoms with Gasteiger partial charge >= 0.3 is 12.2 Å². The fourth-order valence-electron chi connectivity index (χ4n) is 7.88. The fourth-order valence-corrected chi connectivity index (χ4v) is 9.04. The van der Waals surface area contributed by atoms with E-state index in [1.165, 1.54) is 26.0 Å². The van der Waals surface area contributed by atoms with Crippen LogP contribution in [0.1, 0.15) is 61.6 Å². The third kappa shape index (κ3) is 7.73. The van der Waals surface area contributed by atoms with Crippen LogP contribution in [0.2, 0.25) is 5.02 Å². The first-order chi connectivity index (χ1) is 23.0. The molecular weight excluding hydrogens is 665 g/mol. The van der Waals surface area contributed by atoms with Crippen LogP contribution in [-0.2, 0) is 28.6 Å². The molecule has 4 aliphatic heterocycles. The lowest BCUT2D eigenvalue weighted by molar-refractivity contribution is -0.143. The molecule has 1 aromatic heterocycles. The summed E-state index contributed by atoms with van der Waals surface area (Å²) in [5.74, 6) is -1.23. The van der Waals surface area contributed by atoms with E-state index >= 15 is 0 Å². The first-order valence-corrected chi connectivity index (χ1v) is 18.3. The Bertz CT molecular complexity index is 1480. The molecule has 2 aromatic rings. The van der Waals surface area contributed by atoms with Gasteiger partial charge in [-0.1, -0.05) is 11.6 Å². The van der Waals surface area contributed by atoms with Crippen LogP contribution in [0, 0.1) is 5.92 Å². The summed E-state index contributed by atoms with van der Waals surface area (Å²) in [6, 6.07) is 2.79. The highest BCUT2D eigenvalue weighted by atomic mass is 35.5. The van der Waals surface area contributed by atoms with Crippen LogP contribution >= 0.6 is 22.9 Å². The minimum absolute atomic E-state index is 0.00955. The van der Waals surface area contributed by atoms with Gasteiger partial charge in [0, 0.05) is 63.7 Å². The molecule has 6 rings (SSSR count). The number of hydrogen-bond acceptors (Lipinski definition) is 6. The van der Waals surface area contributed by atoms with Crippen molar-refractivity contribution >= 4 is 52.2 Å². The monoisotopic (exact) mass is 708 g/mol. The van der Waals surface area contributed by atoms with E-state index in [1.54, 1.807) is 21.1 Å². The van der Waals surface area contributed by atoms with Crippen molar-refractivity contribution in [3.63, 3.8) is 0 Å². The summed E-state index contributed by atoms with van der Waals surface area (Å²) < 4.78 is 42.0. The molecule has 1 atom stereocenters. The van der Waals surface area contributed by atoms with Crippen molar-refractivity contribution in [1.29, 1.82) is 0 Å². The molecule has 4 amide bonds. The van der Waals surface area contributed by atoms with Crippen LogP contribution in [0.3, 0.4) is 0 Å². The van der Waals surface area contributed by atoms with Gasteiger partial charge in [-0.2, -0.15) is 13.2 Å². The summed E-state index contributed by atoms with van der Waals surface area (Å²) in [6.07, 6.45) is 1.29. The van der Waals surface area contributed by atoms with E-state index in [0.29, 0.717) is 51.6 Å². The molecule has 0 aliphatic carbocycles. The fraction of sp³-hybridized carbons (Fsp3) is 0.618. The summed E-state index contributed by atoms with van der Waals surface area (Å²) >= 11 is 7.87. The molecule has 1 aromatic carbocycles. The van der Waals surface area contributed by atoms with E-state index in [-0.39, 0.29) is 53.0 Å². The Morgan fingerprint density at radius 3 is 2.31 bits per heavy atom. The second kappa shape index (κ2) is 14.8. The number of urea groups is 1. The van der Waals surface area contributed by atoms with E-state index < -0.39 is 17.7 Å². The number of thiophene rings is 1. The van der Waals surface area contributed by atoms with E-state index in [0.717, 1.165) is 49.7 Å². The molecule has 5 heterocycles. The summed E-state index contributed by atoms with van der Waals surface area (Å²) in [7, 11) is 1.38. The first kappa shape index (κ1) is 34.8. The van der Waals surface area contributed by atoms with E-state index in [2.05, 4.69) is 20.9 Å². The van der Waals surface area contributed by atoms with E-state index in [4.69, 9.17) is 11.6 Å². The number of anilines is 2. The second-order valence-electron chi connectivity index (χ2n) is 13.4. The van der Waals surface area contributed by atoms with Crippen LogP contribution in [0.4, 0.5) is 29.3 Å². The van der Waals surface area contributed by atoms with Crippen molar-refractivity contribution in [2.24, 2.45) is 5.92 Å². The van der Waals surface area contributed by atoms with Crippen molar-refractivity contribution in [2.45, 2.75) is 76.0 Å². The lowest BCUT2D eigenvalue weighted by Crippen LogP contribution is -2.51. The lowest BCUT2D eigenvalue weighted by atomic mass is 9.91. The predicted octanol–water partition coefficient (Wildman–Crippen LogP) is 6.18. The van der Waals surface area contributed by atoms with E-state index in [1.807, 2.05) is 10.3 Å². The molecule has 4 aliphatic rings. The molecular formula is C34H44ClF3N6O3S. The number of nitrogens with zero attached hydrogens (tertiary/aromatic N) is 4. The molecule has 0 radical (unpaired) electrons. The number of carbonyl (C=O) groups excluding carboxylic acids is 3. The minimum atomic E-state index is -4.65. The summed E-state index contributed by atoms with van der Waals surface area (Å²) in [5.41, 5.74) is 1.14. The molecule has 14 heteroatoms. The summed E-state index contributed by atoms with van der Waals surface area (Å²) in [5, 5.41) is 9.47. The van der Waals surface area contributed by atoms with Crippen LogP contribution in [0.15, 0.2) is 22.9 Å². The zero-order chi connectivity index (χ0) is 34.0. The number of carbonyl (C=O) groups is 3. The van der Waals surface area contributed by atoms with Gasteiger partial charge < -0.3 is 30.2 Å². The Morgan fingerprint density at radius 1 is 0.979 bits per heavy atom. The summed E-state index contributed by atoms with van der Waals surface area (Å²) in [6.45, 7) is 4.77. The van der Waals surface area contributed by atoms with Crippen molar-refractivity contribution in [2.75, 3.05) is 63.5 Å². The largest absolute Gasteiger partial charge is 0.418 e. The molecule has 0 unspecified atom stereocenters. The molecule has 48 heavy (non-hydrogen) atoms. The number of likely N-dealkylation sites (tertiary alicyclic amines) is 3. The molecule has 2 N–H and O–H groups in total. The lowest BCUT2D eigenvalue weighted by Gasteiger charge is -2.39. The standard InChI is InChI=1S/C34H44ClF3N6O3S/c1-39-31-27(34(36,37)38)17-22(18-28(31)35)16-24(32(46)43-13-5-25(6-14-43)41-9-2-3-10-41)19-30(45)42-11-7-26(8-12-42)44-15-4-23-20-48-21-29(23)40-33(44)47/h17-18,20-21,24-26,39H,2-16,19H2,1H3,(H,40,47)/t24-/m0/s1. The summed E-state index contributed by atoms with van der Waals surface area (Å²) in [4.78, 5) is 48.7. The molecule has 0 bridgehead atoms. The number of piperidine rings is 2. The third-order valence-electron chi connectivity index (χ3n) is 10.5. The van der Waals surface area contributed by atoms with Gasteiger partial charge in [0.25, 0.3) is 0 Å². The Kier molecular flexibility index (Phi) is 10.8. The van der Waals surface area contributed by atoms with Crippen molar-refractivity contribution in [3.05, 3.63) is 44.6 Å². The second-order valence-corrected chi connectivity index (χ2v) is 14.6.